The lowest BCUT2D eigenvalue weighted by molar-refractivity contribution is 0.171. The number of fused-ring (bicyclic) bond motifs is 1. The second-order valence-electron chi connectivity index (χ2n) is 6.12. The van der Waals surface area contributed by atoms with Crippen molar-refractivity contribution >= 4 is 23.5 Å². The molecule has 2 aliphatic rings. The minimum atomic E-state index is -0.0752. The van der Waals surface area contributed by atoms with E-state index >= 15 is 0 Å². The number of benzene rings is 2. The lowest BCUT2D eigenvalue weighted by Crippen LogP contribution is -2.34. The van der Waals surface area contributed by atoms with Crippen LogP contribution >= 0.6 is 11.8 Å². The molecule has 5 nitrogen and oxygen atoms in total. The maximum Gasteiger partial charge on any atom is 0.323 e. The van der Waals surface area contributed by atoms with E-state index in [2.05, 4.69) is 5.32 Å². The van der Waals surface area contributed by atoms with Crippen LogP contribution in [-0.2, 0) is 0 Å². The Morgan fingerprint density at radius 3 is 2.68 bits per heavy atom. The van der Waals surface area contributed by atoms with Crippen molar-refractivity contribution in [3.63, 3.8) is 0 Å². The molecule has 130 valence electrons. The Balaban J connectivity index is 1.51. The first-order chi connectivity index (χ1) is 12.2. The molecule has 1 saturated heterocycles. The second-order valence-corrected chi connectivity index (χ2v) is 7.30. The van der Waals surface area contributed by atoms with Crippen molar-refractivity contribution in [1.29, 1.82) is 0 Å². The standard InChI is InChI=1S/C19H20N2O3S/c1-13-2-5-15(6-3-13)20-19(22)21-8-11-25-18(21)14-4-7-16-17(12-14)24-10-9-23-16/h2-7,12,18H,8-11H2,1H3,(H,20,22). The number of carbonyl (C=O) groups excluding carboxylic acids is 1. The van der Waals surface area contributed by atoms with Crippen molar-refractivity contribution in [2.75, 3.05) is 30.8 Å². The SMILES string of the molecule is Cc1ccc(NC(=O)N2CCSC2c2ccc3c(c2)OCCO3)cc1. The lowest BCUT2D eigenvalue weighted by Gasteiger charge is -2.26. The van der Waals surface area contributed by atoms with Crippen LogP contribution in [0.2, 0.25) is 0 Å². The Kier molecular flexibility index (Phi) is 4.44. The summed E-state index contributed by atoms with van der Waals surface area (Å²) in [7, 11) is 0. The molecule has 0 spiro atoms. The zero-order chi connectivity index (χ0) is 17.2. The van der Waals surface area contributed by atoms with Gasteiger partial charge in [-0.25, -0.2) is 4.79 Å². The summed E-state index contributed by atoms with van der Waals surface area (Å²) in [5, 5.41) is 2.98. The van der Waals surface area contributed by atoms with E-state index in [4.69, 9.17) is 9.47 Å². The average Bonchev–Trinajstić information content (AvgIpc) is 3.13. The average molecular weight is 356 g/mol. The minimum absolute atomic E-state index is 0.0127. The number of aryl methyl sites for hydroxylation is 1. The van der Waals surface area contributed by atoms with E-state index in [1.54, 1.807) is 11.8 Å². The van der Waals surface area contributed by atoms with Crippen LogP contribution in [0, 0.1) is 6.92 Å². The Morgan fingerprint density at radius 2 is 1.88 bits per heavy atom. The van der Waals surface area contributed by atoms with E-state index < -0.39 is 0 Å². The summed E-state index contributed by atoms with van der Waals surface area (Å²) in [6.45, 7) is 3.89. The van der Waals surface area contributed by atoms with Crippen molar-refractivity contribution in [2.45, 2.75) is 12.3 Å². The summed E-state index contributed by atoms with van der Waals surface area (Å²) in [5.74, 6) is 2.45. The highest BCUT2D eigenvalue weighted by Gasteiger charge is 2.31. The van der Waals surface area contributed by atoms with E-state index in [9.17, 15) is 4.79 Å². The summed E-state index contributed by atoms with van der Waals surface area (Å²) in [5.41, 5.74) is 3.04. The molecule has 0 radical (unpaired) electrons. The van der Waals surface area contributed by atoms with Gasteiger partial charge in [0.2, 0.25) is 0 Å². The van der Waals surface area contributed by atoms with Crippen LogP contribution < -0.4 is 14.8 Å². The third kappa shape index (κ3) is 3.39. The van der Waals surface area contributed by atoms with Gasteiger partial charge in [0.25, 0.3) is 0 Å². The van der Waals surface area contributed by atoms with Gasteiger partial charge in [0.1, 0.15) is 18.6 Å². The number of hydrogen-bond donors (Lipinski definition) is 1. The van der Waals surface area contributed by atoms with Crippen LogP contribution in [0.1, 0.15) is 16.5 Å². The molecule has 0 saturated carbocycles. The Labute approximate surface area is 151 Å². The first-order valence-electron chi connectivity index (χ1n) is 8.36. The Morgan fingerprint density at radius 1 is 1.12 bits per heavy atom. The maximum absolute atomic E-state index is 12.7. The van der Waals surface area contributed by atoms with E-state index in [0.29, 0.717) is 13.2 Å². The zero-order valence-electron chi connectivity index (χ0n) is 14.0. The summed E-state index contributed by atoms with van der Waals surface area (Å²) >= 11 is 1.76. The van der Waals surface area contributed by atoms with Gasteiger partial charge >= 0.3 is 6.03 Å². The fourth-order valence-corrected chi connectivity index (χ4v) is 4.25. The monoisotopic (exact) mass is 356 g/mol. The topological polar surface area (TPSA) is 50.8 Å². The molecular formula is C19H20N2O3S. The summed E-state index contributed by atoms with van der Waals surface area (Å²) in [4.78, 5) is 14.6. The van der Waals surface area contributed by atoms with E-state index in [0.717, 1.165) is 35.0 Å². The summed E-state index contributed by atoms with van der Waals surface area (Å²) in [6, 6.07) is 13.7. The van der Waals surface area contributed by atoms with Gasteiger partial charge in [-0.2, -0.15) is 0 Å². The predicted octanol–water partition coefficient (Wildman–Crippen LogP) is 4.05. The van der Waals surface area contributed by atoms with Gasteiger partial charge < -0.3 is 19.7 Å². The highest BCUT2D eigenvalue weighted by atomic mass is 32.2. The van der Waals surface area contributed by atoms with Crippen molar-refractivity contribution in [1.82, 2.24) is 4.90 Å². The third-order valence-corrected chi connectivity index (χ3v) is 5.57. The molecule has 2 heterocycles. The first kappa shape index (κ1) is 16.1. The molecule has 0 aliphatic carbocycles. The molecule has 0 bridgehead atoms. The normalized spacial score (nSPS) is 18.9. The van der Waals surface area contributed by atoms with Gasteiger partial charge in [-0.3, -0.25) is 0 Å². The van der Waals surface area contributed by atoms with Crippen LogP contribution in [0.15, 0.2) is 42.5 Å². The Hall–Kier alpha value is -2.34. The van der Waals surface area contributed by atoms with Crippen LogP contribution in [0.25, 0.3) is 0 Å². The molecule has 25 heavy (non-hydrogen) atoms. The Bertz CT molecular complexity index is 779. The smallest absolute Gasteiger partial charge is 0.323 e. The molecule has 4 rings (SSSR count). The van der Waals surface area contributed by atoms with Gasteiger partial charge in [0, 0.05) is 18.0 Å². The number of hydrogen-bond acceptors (Lipinski definition) is 4. The number of nitrogens with one attached hydrogen (secondary N) is 1. The second kappa shape index (κ2) is 6.88. The third-order valence-electron chi connectivity index (χ3n) is 4.31. The van der Waals surface area contributed by atoms with Crippen molar-refractivity contribution in [3.05, 3.63) is 53.6 Å². The summed E-state index contributed by atoms with van der Waals surface area (Å²) in [6.07, 6.45) is 0. The molecule has 1 unspecified atom stereocenters. The molecule has 6 heteroatoms. The summed E-state index contributed by atoms with van der Waals surface area (Å²) < 4.78 is 11.3. The zero-order valence-corrected chi connectivity index (χ0v) is 14.8. The highest BCUT2D eigenvalue weighted by molar-refractivity contribution is 7.99. The molecular weight excluding hydrogens is 336 g/mol. The molecule has 2 aromatic carbocycles. The van der Waals surface area contributed by atoms with Gasteiger partial charge in [0.05, 0.1) is 0 Å². The van der Waals surface area contributed by atoms with Crippen LogP contribution in [-0.4, -0.2) is 36.4 Å². The first-order valence-corrected chi connectivity index (χ1v) is 9.41. The van der Waals surface area contributed by atoms with Crippen molar-refractivity contribution in [2.24, 2.45) is 0 Å². The molecule has 2 aliphatic heterocycles. The number of nitrogens with zero attached hydrogens (tertiary/aromatic N) is 1. The number of ether oxygens (including phenoxy) is 2. The number of anilines is 1. The minimum Gasteiger partial charge on any atom is -0.486 e. The molecule has 1 atom stereocenters. The molecule has 1 fully saturated rings. The molecule has 2 amide bonds. The van der Waals surface area contributed by atoms with Crippen LogP contribution in [0.3, 0.4) is 0 Å². The van der Waals surface area contributed by atoms with Crippen molar-refractivity contribution < 1.29 is 14.3 Å². The van der Waals surface area contributed by atoms with Crippen LogP contribution in [0.5, 0.6) is 11.5 Å². The van der Waals surface area contributed by atoms with E-state index in [1.807, 2.05) is 54.3 Å². The fourth-order valence-electron chi connectivity index (χ4n) is 3.00. The van der Waals surface area contributed by atoms with Gasteiger partial charge in [0.15, 0.2) is 11.5 Å². The largest absolute Gasteiger partial charge is 0.486 e. The lowest BCUT2D eigenvalue weighted by atomic mass is 10.1. The molecule has 2 aromatic rings. The van der Waals surface area contributed by atoms with Crippen molar-refractivity contribution in [3.8, 4) is 11.5 Å². The van der Waals surface area contributed by atoms with E-state index in [-0.39, 0.29) is 11.4 Å². The maximum atomic E-state index is 12.7. The van der Waals surface area contributed by atoms with Crippen LogP contribution in [0.4, 0.5) is 10.5 Å². The number of amides is 2. The molecule has 1 N–H and O–H groups in total. The fraction of sp³-hybridized carbons (Fsp3) is 0.316. The number of rotatable bonds is 2. The highest BCUT2D eigenvalue weighted by Crippen LogP contribution is 2.41. The quantitative estimate of drug-likeness (QED) is 0.882. The van der Waals surface area contributed by atoms with Gasteiger partial charge in [-0.05, 0) is 36.8 Å². The van der Waals surface area contributed by atoms with Gasteiger partial charge in [-0.15, -0.1) is 11.8 Å². The van der Waals surface area contributed by atoms with E-state index in [1.165, 1.54) is 5.56 Å². The predicted molar refractivity (Wildman–Crippen MR) is 99.5 cm³/mol. The molecule has 0 aromatic heterocycles. The number of carbonyl (C=O) groups is 1. The number of urea groups is 1. The number of thioether (sulfide) groups is 1. The van der Waals surface area contributed by atoms with Gasteiger partial charge in [-0.1, -0.05) is 23.8 Å².